The molecule has 0 spiro atoms. The van der Waals surface area contributed by atoms with Crippen molar-refractivity contribution in [1.82, 2.24) is 15.1 Å². The summed E-state index contributed by atoms with van der Waals surface area (Å²) in [6.45, 7) is 10.8. The van der Waals surface area contributed by atoms with E-state index in [1.807, 2.05) is 61.2 Å². The molecule has 0 unspecified atom stereocenters. The van der Waals surface area contributed by atoms with E-state index in [4.69, 9.17) is 34.8 Å². The molecule has 3 aromatic carbocycles. The summed E-state index contributed by atoms with van der Waals surface area (Å²) in [4.78, 5) is 32.9. The summed E-state index contributed by atoms with van der Waals surface area (Å²) >= 11 is 19.8. The monoisotopic (exact) mass is 620 g/mol. The molecule has 2 heterocycles. The number of hydrogen-bond donors (Lipinski definition) is 1. The maximum Gasteiger partial charge on any atom is 0.326 e. The van der Waals surface area contributed by atoms with Crippen LogP contribution in [0.15, 0.2) is 90.7 Å². The fourth-order valence-corrected chi connectivity index (χ4v) is 6.20. The highest BCUT2D eigenvalue weighted by atomic mass is 35.5. The van der Waals surface area contributed by atoms with E-state index in [2.05, 4.69) is 22.9 Å². The van der Waals surface area contributed by atoms with Crippen LogP contribution in [0.2, 0.25) is 15.1 Å². The second kappa shape index (κ2) is 12.7. The Labute approximate surface area is 261 Å². The maximum absolute atomic E-state index is 14.1. The zero-order valence-electron chi connectivity index (χ0n) is 23.5. The quantitative estimate of drug-likeness (QED) is 0.281. The summed E-state index contributed by atoms with van der Waals surface area (Å²) in [5.41, 5.74) is 5.69. The molecule has 2 aliphatic heterocycles. The average Bonchev–Trinajstić information content (AvgIpc) is 2.98. The second-order valence-corrected chi connectivity index (χ2v) is 11.4. The molecule has 42 heavy (non-hydrogen) atoms. The van der Waals surface area contributed by atoms with Crippen LogP contribution >= 0.6 is 34.8 Å². The van der Waals surface area contributed by atoms with Gasteiger partial charge in [0.1, 0.15) is 0 Å². The van der Waals surface area contributed by atoms with E-state index in [1.54, 1.807) is 24.3 Å². The van der Waals surface area contributed by atoms with E-state index in [-0.39, 0.29) is 18.5 Å². The number of anilines is 2. The Hall–Kier alpha value is -3.71. The molecule has 0 aliphatic carbocycles. The van der Waals surface area contributed by atoms with Gasteiger partial charge in [-0.15, -0.1) is 0 Å². The summed E-state index contributed by atoms with van der Waals surface area (Å²) in [6.07, 6.45) is 6.03. The van der Waals surface area contributed by atoms with Crippen LogP contribution in [0.4, 0.5) is 16.2 Å². The number of nitrogens with one attached hydrogen (secondary N) is 1. The molecule has 0 atom stereocenters. The van der Waals surface area contributed by atoms with Crippen LogP contribution in [0.25, 0.3) is 11.1 Å². The van der Waals surface area contributed by atoms with Crippen molar-refractivity contribution in [3.05, 3.63) is 117 Å². The predicted molar refractivity (Wildman–Crippen MR) is 173 cm³/mol. The molecular weight excluding hydrogens is 591 g/mol. The van der Waals surface area contributed by atoms with Gasteiger partial charge in [-0.1, -0.05) is 77.8 Å². The van der Waals surface area contributed by atoms with E-state index in [0.29, 0.717) is 58.2 Å². The first-order valence-corrected chi connectivity index (χ1v) is 14.8. The normalized spacial score (nSPS) is 15.6. The third kappa shape index (κ3) is 5.80. The first-order valence-electron chi connectivity index (χ1n) is 13.7. The molecule has 0 saturated carbocycles. The lowest BCUT2D eigenvalue weighted by Gasteiger charge is -2.38. The van der Waals surface area contributed by atoms with Crippen LogP contribution in [0.3, 0.4) is 0 Å². The fraction of sp³-hybridized carbons (Fsp3) is 0.212. The lowest BCUT2D eigenvalue weighted by molar-refractivity contribution is 0.0671. The third-order valence-electron chi connectivity index (χ3n) is 7.45. The Bertz CT molecular complexity index is 1600. The Morgan fingerprint density at radius 3 is 2.19 bits per heavy atom. The van der Waals surface area contributed by atoms with E-state index in [0.717, 1.165) is 28.0 Å². The number of allylic oxidation sites excluding steroid dienone is 4. The number of amides is 3. The molecule has 3 aromatic rings. The molecule has 0 radical (unpaired) electrons. The number of benzene rings is 3. The number of piperazine rings is 1. The lowest BCUT2D eigenvalue weighted by Crippen LogP contribution is -2.48. The Morgan fingerprint density at radius 1 is 0.905 bits per heavy atom. The topological polar surface area (TPSA) is 55.9 Å². The van der Waals surface area contributed by atoms with Crippen LogP contribution in [0.1, 0.15) is 29.8 Å². The van der Waals surface area contributed by atoms with Gasteiger partial charge in [-0.05, 0) is 61.4 Å². The number of urea groups is 1. The van der Waals surface area contributed by atoms with Crippen molar-refractivity contribution < 1.29 is 9.59 Å². The van der Waals surface area contributed by atoms with Gasteiger partial charge in [0, 0.05) is 60.1 Å². The molecule has 216 valence electrons. The van der Waals surface area contributed by atoms with Crippen molar-refractivity contribution in [2.75, 3.05) is 31.1 Å². The summed E-state index contributed by atoms with van der Waals surface area (Å²) < 4.78 is 0. The van der Waals surface area contributed by atoms with Crippen LogP contribution in [-0.2, 0) is 6.54 Å². The minimum Gasteiger partial charge on any atom is -0.368 e. The number of carbonyl (C=O) groups excluding carboxylic acids is 2. The van der Waals surface area contributed by atoms with E-state index in [9.17, 15) is 9.59 Å². The van der Waals surface area contributed by atoms with Gasteiger partial charge in [-0.3, -0.25) is 9.69 Å². The Morgan fingerprint density at radius 2 is 1.55 bits per heavy atom. The number of para-hydroxylation sites is 1. The Kier molecular flexibility index (Phi) is 8.97. The van der Waals surface area contributed by atoms with Gasteiger partial charge in [0.2, 0.25) is 0 Å². The van der Waals surface area contributed by atoms with E-state index in [1.165, 1.54) is 4.90 Å². The highest BCUT2D eigenvalue weighted by Gasteiger charge is 2.33. The molecule has 5 rings (SSSR count). The maximum atomic E-state index is 14.1. The van der Waals surface area contributed by atoms with Gasteiger partial charge < -0.3 is 15.1 Å². The summed E-state index contributed by atoms with van der Waals surface area (Å²) in [5, 5.41) is 4.10. The van der Waals surface area contributed by atoms with E-state index < -0.39 is 0 Å². The van der Waals surface area contributed by atoms with Crippen molar-refractivity contribution in [2.45, 2.75) is 20.4 Å². The SMILES string of the molecule is C=C(C)/C(=C\C=C/C)N1CCN(C(=O)c2cc(-c3ccccc3Cl)c3c(c2)N(c2c(Cl)cccc2Cl)C(=O)NC3)CC1. The number of hydrogen-bond acceptors (Lipinski definition) is 3. The number of nitrogens with zero attached hydrogens (tertiary/aromatic N) is 3. The van der Waals surface area contributed by atoms with Crippen molar-refractivity contribution in [2.24, 2.45) is 0 Å². The van der Waals surface area contributed by atoms with Gasteiger partial charge >= 0.3 is 6.03 Å². The minimum atomic E-state index is -0.388. The van der Waals surface area contributed by atoms with Gasteiger partial charge in [0.05, 0.1) is 21.4 Å². The number of carbonyl (C=O) groups is 2. The first kappa shape index (κ1) is 29.8. The molecule has 0 aromatic heterocycles. The smallest absolute Gasteiger partial charge is 0.326 e. The first-order chi connectivity index (χ1) is 20.2. The molecule has 2 aliphatic rings. The highest BCUT2D eigenvalue weighted by molar-refractivity contribution is 6.40. The molecule has 0 bridgehead atoms. The largest absolute Gasteiger partial charge is 0.368 e. The zero-order chi connectivity index (χ0) is 30.0. The van der Waals surface area contributed by atoms with E-state index >= 15 is 0 Å². The second-order valence-electron chi connectivity index (χ2n) is 10.2. The van der Waals surface area contributed by atoms with Gasteiger partial charge in [0.15, 0.2) is 0 Å². The summed E-state index contributed by atoms with van der Waals surface area (Å²) in [6, 6.07) is 15.8. The minimum absolute atomic E-state index is 0.128. The zero-order valence-corrected chi connectivity index (χ0v) is 25.7. The Balaban J connectivity index is 1.57. The molecule has 1 fully saturated rings. The predicted octanol–water partition coefficient (Wildman–Crippen LogP) is 8.47. The van der Waals surface area contributed by atoms with Crippen molar-refractivity contribution in [1.29, 1.82) is 0 Å². The van der Waals surface area contributed by atoms with Crippen molar-refractivity contribution >= 4 is 58.1 Å². The molecule has 9 heteroatoms. The van der Waals surface area contributed by atoms with Crippen LogP contribution < -0.4 is 10.2 Å². The lowest BCUT2D eigenvalue weighted by atomic mass is 9.93. The van der Waals surface area contributed by atoms with Gasteiger partial charge in [-0.2, -0.15) is 0 Å². The number of rotatable bonds is 6. The van der Waals surface area contributed by atoms with Crippen LogP contribution in [0.5, 0.6) is 0 Å². The summed E-state index contributed by atoms with van der Waals surface area (Å²) in [7, 11) is 0. The molecule has 3 amide bonds. The third-order valence-corrected chi connectivity index (χ3v) is 8.39. The highest BCUT2D eigenvalue weighted by Crippen LogP contribution is 2.44. The fourth-order valence-electron chi connectivity index (χ4n) is 5.40. The van der Waals surface area contributed by atoms with Gasteiger partial charge in [0.25, 0.3) is 5.91 Å². The summed E-state index contributed by atoms with van der Waals surface area (Å²) in [5.74, 6) is -0.128. The number of fused-ring (bicyclic) bond motifs is 1. The molecule has 6 nitrogen and oxygen atoms in total. The van der Waals surface area contributed by atoms with Crippen molar-refractivity contribution in [3.63, 3.8) is 0 Å². The number of halogens is 3. The standard InChI is InChI=1S/C33H31Cl3N4O2/c1-4-5-13-29(21(2)3)38-14-16-39(17-15-38)32(41)22-18-24(23-9-6-7-10-26(23)34)25-20-37-33(42)40(30(25)19-22)31-27(35)11-8-12-28(31)36/h4-13,18-19H,2,14-17,20H2,1,3H3,(H,37,42)/b5-4-,29-13+. The molecule has 1 saturated heterocycles. The van der Waals surface area contributed by atoms with Gasteiger partial charge in [-0.25, -0.2) is 4.79 Å². The van der Waals surface area contributed by atoms with Crippen LogP contribution in [0, 0.1) is 0 Å². The van der Waals surface area contributed by atoms with Crippen LogP contribution in [-0.4, -0.2) is 47.9 Å². The molecule has 1 N–H and O–H groups in total. The average molecular weight is 622 g/mol. The molecular formula is C33H31Cl3N4O2. The van der Waals surface area contributed by atoms with Crippen molar-refractivity contribution in [3.8, 4) is 11.1 Å².